The smallest absolute Gasteiger partial charge is 0.118 e. The summed E-state index contributed by atoms with van der Waals surface area (Å²) in [7, 11) is 0. The van der Waals surface area contributed by atoms with Crippen LogP contribution in [-0.2, 0) is 6.61 Å². The summed E-state index contributed by atoms with van der Waals surface area (Å²) in [5.41, 5.74) is 2.85. The molecule has 0 fully saturated rings. The lowest BCUT2D eigenvalue weighted by Crippen LogP contribution is -2.01. The lowest BCUT2D eigenvalue weighted by molar-refractivity contribution is 0.277. The first kappa shape index (κ1) is 11.6. The van der Waals surface area contributed by atoms with E-state index >= 15 is 0 Å². The summed E-state index contributed by atoms with van der Waals surface area (Å²) in [6.07, 6.45) is 1.71. The monoisotopic (exact) mass is 252 g/mol. The molecule has 0 saturated heterocycles. The van der Waals surface area contributed by atoms with Gasteiger partial charge in [0, 0.05) is 6.20 Å². The van der Waals surface area contributed by atoms with E-state index in [-0.39, 0.29) is 6.61 Å². The standard InChI is InChI=1S/C14H12N4O/c19-10-13-14(12-8-4-5-9-15-12)18(17-16-13)11-6-2-1-3-7-11/h1-9,19H,10H2. The lowest BCUT2D eigenvalue weighted by Gasteiger charge is -2.06. The summed E-state index contributed by atoms with van der Waals surface area (Å²) in [6.45, 7) is -0.168. The van der Waals surface area contributed by atoms with E-state index in [0.29, 0.717) is 11.4 Å². The van der Waals surface area contributed by atoms with Crippen LogP contribution in [0.3, 0.4) is 0 Å². The predicted molar refractivity (Wildman–Crippen MR) is 70.5 cm³/mol. The van der Waals surface area contributed by atoms with Gasteiger partial charge in [-0.2, -0.15) is 0 Å². The maximum atomic E-state index is 9.40. The van der Waals surface area contributed by atoms with Crippen LogP contribution in [0.15, 0.2) is 54.7 Å². The molecule has 0 spiro atoms. The zero-order valence-corrected chi connectivity index (χ0v) is 10.1. The Labute approximate surface area is 110 Å². The molecule has 5 heteroatoms. The largest absolute Gasteiger partial charge is 0.390 e. The SMILES string of the molecule is OCc1nnn(-c2ccccc2)c1-c1ccccn1. The fraction of sp³-hybridized carbons (Fsp3) is 0.0714. The van der Waals surface area contributed by atoms with Crippen LogP contribution in [0.25, 0.3) is 17.1 Å². The van der Waals surface area contributed by atoms with Crippen molar-refractivity contribution in [1.29, 1.82) is 0 Å². The molecule has 2 heterocycles. The van der Waals surface area contributed by atoms with Gasteiger partial charge in [0.25, 0.3) is 0 Å². The van der Waals surface area contributed by atoms with E-state index < -0.39 is 0 Å². The Hall–Kier alpha value is -2.53. The third-order valence-corrected chi connectivity index (χ3v) is 2.80. The second-order valence-electron chi connectivity index (χ2n) is 4.01. The highest BCUT2D eigenvalue weighted by Crippen LogP contribution is 2.23. The van der Waals surface area contributed by atoms with E-state index in [0.717, 1.165) is 11.4 Å². The van der Waals surface area contributed by atoms with Crippen molar-refractivity contribution in [1.82, 2.24) is 20.0 Å². The molecule has 0 aliphatic heterocycles. The number of aliphatic hydroxyl groups is 1. The van der Waals surface area contributed by atoms with Gasteiger partial charge in [0.15, 0.2) is 0 Å². The molecule has 0 aliphatic rings. The Morgan fingerprint density at radius 3 is 2.47 bits per heavy atom. The number of aliphatic hydroxyl groups excluding tert-OH is 1. The van der Waals surface area contributed by atoms with Crippen LogP contribution in [0.2, 0.25) is 0 Å². The molecule has 94 valence electrons. The topological polar surface area (TPSA) is 63.8 Å². The van der Waals surface area contributed by atoms with Gasteiger partial charge in [0.1, 0.15) is 11.4 Å². The van der Waals surface area contributed by atoms with Crippen LogP contribution in [-0.4, -0.2) is 25.1 Å². The van der Waals surface area contributed by atoms with Crippen molar-refractivity contribution in [2.75, 3.05) is 0 Å². The fourth-order valence-corrected chi connectivity index (χ4v) is 1.93. The Kier molecular flexibility index (Phi) is 3.04. The molecule has 0 amide bonds. The summed E-state index contributed by atoms with van der Waals surface area (Å²) in [5, 5.41) is 17.5. The molecule has 0 saturated carbocycles. The molecule has 0 aliphatic carbocycles. The first-order valence-corrected chi connectivity index (χ1v) is 5.92. The van der Waals surface area contributed by atoms with Crippen molar-refractivity contribution < 1.29 is 5.11 Å². The summed E-state index contributed by atoms with van der Waals surface area (Å²) in [4.78, 5) is 4.30. The molecule has 3 rings (SSSR count). The normalized spacial score (nSPS) is 10.6. The van der Waals surface area contributed by atoms with E-state index in [1.54, 1.807) is 10.9 Å². The van der Waals surface area contributed by atoms with Gasteiger partial charge in [0.05, 0.1) is 18.0 Å². The molecule has 2 aromatic heterocycles. The maximum absolute atomic E-state index is 9.40. The number of hydrogen-bond acceptors (Lipinski definition) is 4. The van der Waals surface area contributed by atoms with Gasteiger partial charge in [-0.25, -0.2) is 4.68 Å². The number of aromatic nitrogens is 4. The molecule has 0 atom stereocenters. The molecule has 3 aromatic rings. The van der Waals surface area contributed by atoms with Crippen molar-refractivity contribution in [3.8, 4) is 17.1 Å². The number of hydrogen-bond donors (Lipinski definition) is 1. The first-order chi connectivity index (χ1) is 9.40. The van der Waals surface area contributed by atoms with Crippen molar-refractivity contribution >= 4 is 0 Å². The summed E-state index contributed by atoms with van der Waals surface area (Å²) in [5.74, 6) is 0. The maximum Gasteiger partial charge on any atom is 0.118 e. The lowest BCUT2D eigenvalue weighted by atomic mass is 10.2. The molecular weight excluding hydrogens is 240 g/mol. The van der Waals surface area contributed by atoms with Crippen LogP contribution in [0, 0.1) is 0 Å². The van der Waals surface area contributed by atoms with Gasteiger partial charge < -0.3 is 5.11 Å². The second kappa shape index (κ2) is 4.99. The van der Waals surface area contributed by atoms with Crippen LogP contribution in [0.5, 0.6) is 0 Å². The molecule has 0 bridgehead atoms. The van der Waals surface area contributed by atoms with Crippen LogP contribution < -0.4 is 0 Å². The molecule has 19 heavy (non-hydrogen) atoms. The average Bonchev–Trinajstić information content (AvgIpc) is 2.93. The minimum atomic E-state index is -0.168. The van der Waals surface area contributed by atoms with E-state index in [2.05, 4.69) is 15.3 Å². The molecule has 5 nitrogen and oxygen atoms in total. The number of pyridine rings is 1. The molecule has 1 N–H and O–H groups in total. The predicted octanol–water partition coefficient (Wildman–Crippen LogP) is 1.82. The third-order valence-electron chi connectivity index (χ3n) is 2.80. The zero-order valence-electron chi connectivity index (χ0n) is 10.1. The van der Waals surface area contributed by atoms with Gasteiger partial charge in [-0.3, -0.25) is 4.98 Å². The minimum Gasteiger partial charge on any atom is -0.390 e. The Morgan fingerprint density at radius 1 is 1.00 bits per heavy atom. The summed E-state index contributed by atoms with van der Waals surface area (Å²) >= 11 is 0. The van der Waals surface area contributed by atoms with Crippen molar-refractivity contribution in [2.45, 2.75) is 6.61 Å². The van der Waals surface area contributed by atoms with Crippen molar-refractivity contribution in [3.63, 3.8) is 0 Å². The average molecular weight is 252 g/mol. The number of nitrogens with zero attached hydrogens (tertiary/aromatic N) is 4. The number of benzene rings is 1. The fourth-order valence-electron chi connectivity index (χ4n) is 1.93. The van der Waals surface area contributed by atoms with Gasteiger partial charge >= 0.3 is 0 Å². The molecular formula is C14H12N4O. The van der Waals surface area contributed by atoms with Crippen LogP contribution in [0.4, 0.5) is 0 Å². The van der Waals surface area contributed by atoms with Crippen molar-refractivity contribution in [2.24, 2.45) is 0 Å². The van der Waals surface area contributed by atoms with Gasteiger partial charge in [-0.1, -0.05) is 29.5 Å². The van der Waals surface area contributed by atoms with Crippen LogP contribution >= 0.6 is 0 Å². The van der Waals surface area contributed by atoms with Gasteiger partial charge in [-0.05, 0) is 24.3 Å². The van der Waals surface area contributed by atoms with E-state index in [1.807, 2.05) is 48.5 Å². The minimum absolute atomic E-state index is 0.168. The molecule has 0 radical (unpaired) electrons. The number of para-hydroxylation sites is 1. The zero-order chi connectivity index (χ0) is 13.1. The highest BCUT2D eigenvalue weighted by atomic mass is 16.3. The Bertz CT molecular complexity index is 664. The van der Waals surface area contributed by atoms with Crippen molar-refractivity contribution in [3.05, 3.63) is 60.4 Å². The quantitative estimate of drug-likeness (QED) is 0.772. The highest BCUT2D eigenvalue weighted by molar-refractivity contribution is 5.59. The highest BCUT2D eigenvalue weighted by Gasteiger charge is 2.16. The van der Waals surface area contributed by atoms with E-state index in [9.17, 15) is 5.11 Å². The summed E-state index contributed by atoms with van der Waals surface area (Å²) < 4.78 is 1.69. The molecule has 0 unspecified atom stereocenters. The van der Waals surface area contributed by atoms with Gasteiger partial charge in [0.2, 0.25) is 0 Å². The Balaban J connectivity index is 2.20. The first-order valence-electron chi connectivity index (χ1n) is 5.92. The third kappa shape index (κ3) is 2.11. The van der Waals surface area contributed by atoms with Crippen LogP contribution in [0.1, 0.15) is 5.69 Å². The summed E-state index contributed by atoms with van der Waals surface area (Å²) in [6, 6.07) is 15.3. The second-order valence-corrected chi connectivity index (χ2v) is 4.01. The van der Waals surface area contributed by atoms with E-state index in [1.165, 1.54) is 0 Å². The van der Waals surface area contributed by atoms with E-state index in [4.69, 9.17) is 0 Å². The molecule has 1 aromatic carbocycles. The Morgan fingerprint density at radius 2 is 1.79 bits per heavy atom. The number of rotatable bonds is 3. The van der Waals surface area contributed by atoms with Gasteiger partial charge in [-0.15, -0.1) is 5.10 Å².